The van der Waals surface area contributed by atoms with Gasteiger partial charge in [0.1, 0.15) is 11.2 Å². The van der Waals surface area contributed by atoms with E-state index in [4.69, 9.17) is 21.7 Å². The second-order valence-corrected chi connectivity index (χ2v) is 10.9. The molecule has 0 fully saturated rings. The minimum Gasteiger partial charge on any atom is -0.375 e. The zero-order valence-corrected chi connectivity index (χ0v) is 21.8. The number of hydrogen-bond acceptors (Lipinski definition) is 2. The Morgan fingerprint density at radius 1 is 0.556 bits per heavy atom. The quantitative estimate of drug-likeness (QED) is 0.193. The van der Waals surface area contributed by atoms with Crippen LogP contribution in [-0.2, 0) is 20.1 Å². The number of benzene rings is 4. The minimum atomic E-state index is -2.71. The summed E-state index contributed by atoms with van der Waals surface area (Å²) in [6.07, 6.45) is 12.2. The van der Waals surface area contributed by atoms with Gasteiger partial charge in [0.25, 0.3) is 0 Å². The molecule has 4 aromatic carbocycles. The predicted octanol–water partition coefficient (Wildman–Crippen LogP) is 6.71. The lowest BCUT2D eigenvalue weighted by molar-refractivity contribution is 0.0460. The Balaban J connectivity index is 1.86. The monoisotopic (exact) mass is 486 g/mol. The fourth-order valence-electron chi connectivity index (χ4n) is 4.34. The number of hydrogen-bond donors (Lipinski definition) is 0. The normalized spacial score (nSPS) is 15.1. The third-order valence-electron chi connectivity index (χ3n) is 6.49. The van der Waals surface area contributed by atoms with Gasteiger partial charge in [-0.25, -0.2) is 0 Å². The van der Waals surface area contributed by atoms with Crippen molar-refractivity contribution in [2.24, 2.45) is 0 Å². The molecule has 0 aliphatic rings. The molecule has 0 aliphatic carbocycles. The van der Waals surface area contributed by atoms with Crippen LogP contribution in [0.15, 0.2) is 121 Å². The highest BCUT2D eigenvalue weighted by Gasteiger charge is 2.41. The molecule has 2 atom stereocenters. The third kappa shape index (κ3) is 5.51. The largest absolute Gasteiger partial charge is 0.375 e. The van der Waals surface area contributed by atoms with Gasteiger partial charge in [0.05, 0.1) is 0 Å². The molecule has 4 rings (SSSR count). The molecule has 0 N–H and O–H groups in total. The molecule has 0 spiro atoms. The van der Waals surface area contributed by atoms with Crippen LogP contribution >= 0.6 is 0 Å². The van der Waals surface area contributed by atoms with Crippen LogP contribution < -0.4 is 0 Å². The summed E-state index contributed by atoms with van der Waals surface area (Å²) in [5, 5.41) is 0. The van der Waals surface area contributed by atoms with Crippen LogP contribution in [0.1, 0.15) is 41.6 Å². The van der Waals surface area contributed by atoms with Gasteiger partial charge in [-0.15, -0.1) is 12.8 Å². The Labute approximate surface area is 216 Å². The first-order valence-electron chi connectivity index (χ1n) is 12.0. The molecule has 178 valence electrons. The van der Waals surface area contributed by atoms with Gasteiger partial charge >= 0.3 is 9.28 Å². The Hall–Kier alpha value is -3.86. The highest BCUT2D eigenvalue weighted by Crippen LogP contribution is 2.37. The van der Waals surface area contributed by atoms with E-state index >= 15 is 0 Å². The standard InChI is InChI=1S/C33H30O2Si/c1-5-32(3,29-23-15-9-16-24-29)34-36(35-33(4,6-2)30-25-17-10-18-26-30)31(27-19-11-7-12-20-27)28-21-13-8-14-22-28/h1-2,7-26,31,36H,3-4H3. The SMILES string of the molecule is C#CC(C)(O[SiH](OC(C)(C#C)c1ccccc1)C(c1ccccc1)c1ccccc1)c1ccccc1. The summed E-state index contributed by atoms with van der Waals surface area (Å²) >= 11 is 0. The molecule has 0 saturated heterocycles. The molecule has 3 heteroatoms. The first-order chi connectivity index (χ1) is 17.5. The van der Waals surface area contributed by atoms with Gasteiger partial charge in [-0.3, -0.25) is 0 Å². The Bertz CT molecular complexity index is 1220. The van der Waals surface area contributed by atoms with Crippen molar-refractivity contribution in [2.75, 3.05) is 0 Å². The maximum Gasteiger partial charge on any atom is 0.336 e. The smallest absolute Gasteiger partial charge is 0.336 e. The second-order valence-electron chi connectivity index (χ2n) is 8.99. The lowest BCUT2D eigenvalue weighted by Gasteiger charge is -2.38. The topological polar surface area (TPSA) is 18.5 Å². The van der Waals surface area contributed by atoms with Crippen molar-refractivity contribution in [3.63, 3.8) is 0 Å². The summed E-state index contributed by atoms with van der Waals surface area (Å²) in [7, 11) is -2.71. The molecule has 36 heavy (non-hydrogen) atoms. The minimum absolute atomic E-state index is 0.153. The summed E-state index contributed by atoms with van der Waals surface area (Å²) in [6, 6.07) is 40.3. The van der Waals surface area contributed by atoms with Gasteiger partial charge in [-0.1, -0.05) is 133 Å². The van der Waals surface area contributed by atoms with Crippen molar-refractivity contribution >= 4 is 9.28 Å². The van der Waals surface area contributed by atoms with E-state index in [0.29, 0.717) is 0 Å². The maximum atomic E-state index is 6.95. The van der Waals surface area contributed by atoms with Crippen molar-refractivity contribution < 1.29 is 8.85 Å². The van der Waals surface area contributed by atoms with Crippen molar-refractivity contribution in [1.29, 1.82) is 0 Å². The van der Waals surface area contributed by atoms with Gasteiger partial charge in [-0.2, -0.15) is 0 Å². The molecule has 0 saturated carbocycles. The first-order valence-corrected chi connectivity index (χ1v) is 13.6. The summed E-state index contributed by atoms with van der Waals surface area (Å²) in [5.74, 6) is 5.81. The first kappa shape index (κ1) is 25.2. The van der Waals surface area contributed by atoms with E-state index in [9.17, 15) is 0 Å². The fourth-order valence-corrected chi connectivity index (χ4v) is 7.07. The third-order valence-corrected chi connectivity index (χ3v) is 9.21. The van der Waals surface area contributed by atoms with E-state index in [2.05, 4.69) is 36.1 Å². The van der Waals surface area contributed by atoms with Crippen LogP contribution in [-0.4, -0.2) is 9.28 Å². The fraction of sp³-hybridized carbons (Fsp3) is 0.152. The van der Waals surface area contributed by atoms with E-state index in [-0.39, 0.29) is 5.54 Å². The molecule has 4 aromatic rings. The van der Waals surface area contributed by atoms with Crippen LogP contribution in [0.5, 0.6) is 0 Å². The molecule has 0 aliphatic heterocycles. The van der Waals surface area contributed by atoms with E-state index in [0.717, 1.165) is 22.3 Å². The molecule has 0 bridgehead atoms. The molecular weight excluding hydrogens is 456 g/mol. The molecule has 0 radical (unpaired) electrons. The zero-order valence-electron chi connectivity index (χ0n) is 20.7. The predicted molar refractivity (Wildman–Crippen MR) is 149 cm³/mol. The van der Waals surface area contributed by atoms with Gasteiger partial charge in [0.15, 0.2) is 0 Å². The van der Waals surface area contributed by atoms with Gasteiger partial charge in [0.2, 0.25) is 0 Å². The van der Waals surface area contributed by atoms with Gasteiger partial charge < -0.3 is 8.85 Å². The molecule has 0 aromatic heterocycles. The average Bonchev–Trinajstić information content (AvgIpc) is 2.95. The maximum absolute atomic E-state index is 6.95. The molecule has 2 unspecified atom stereocenters. The second kappa shape index (κ2) is 11.3. The summed E-state index contributed by atoms with van der Waals surface area (Å²) in [4.78, 5) is 0. The van der Waals surface area contributed by atoms with E-state index < -0.39 is 20.5 Å². The van der Waals surface area contributed by atoms with Crippen LogP contribution in [0.3, 0.4) is 0 Å². The van der Waals surface area contributed by atoms with E-state index in [1.807, 2.05) is 111 Å². The molecular formula is C33H30O2Si. The number of terminal acetylenes is 2. The lowest BCUT2D eigenvalue weighted by Crippen LogP contribution is -2.44. The van der Waals surface area contributed by atoms with Crippen LogP contribution in [0, 0.1) is 24.7 Å². The van der Waals surface area contributed by atoms with E-state index in [1.54, 1.807) is 0 Å². The molecule has 0 heterocycles. The molecule has 0 amide bonds. The number of rotatable bonds is 9. The lowest BCUT2D eigenvalue weighted by atomic mass is 9.97. The Morgan fingerprint density at radius 3 is 1.17 bits per heavy atom. The average molecular weight is 487 g/mol. The van der Waals surface area contributed by atoms with Crippen molar-refractivity contribution in [3.8, 4) is 24.7 Å². The summed E-state index contributed by atoms with van der Waals surface area (Å²) in [6.45, 7) is 3.85. The summed E-state index contributed by atoms with van der Waals surface area (Å²) < 4.78 is 13.9. The molecule has 2 nitrogen and oxygen atoms in total. The highest BCUT2D eigenvalue weighted by atomic mass is 28.3. The van der Waals surface area contributed by atoms with Crippen LogP contribution in [0.2, 0.25) is 0 Å². The van der Waals surface area contributed by atoms with Crippen molar-refractivity contribution in [3.05, 3.63) is 144 Å². The van der Waals surface area contributed by atoms with E-state index in [1.165, 1.54) is 0 Å². The van der Waals surface area contributed by atoms with Crippen LogP contribution in [0.4, 0.5) is 0 Å². The van der Waals surface area contributed by atoms with Crippen molar-refractivity contribution in [2.45, 2.75) is 30.6 Å². The van der Waals surface area contributed by atoms with Gasteiger partial charge in [-0.05, 0) is 36.1 Å². The van der Waals surface area contributed by atoms with Gasteiger partial charge in [0, 0.05) is 5.54 Å². The zero-order chi connectivity index (χ0) is 25.4. The van der Waals surface area contributed by atoms with Crippen molar-refractivity contribution in [1.82, 2.24) is 0 Å². The van der Waals surface area contributed by atoms with Crippen LogP contribution in [0.25, 0.3) is 0 Å². The Kier molecular flexibility index (Phi) is 7.89. The highest BCUT2D eigenvalue weighted by molar-refractivity contribution is 6.48. The summed E-state index contributed by atoms with van der Waals surface area (Å²) in [5.41, 5.74) is 1.85. The Morgan fingerprint density at radius 2 is 0.861 bits per heavy atom.